The van der Waals surface area contributed by atoms with Crippen LogP contribution in [0.3, 0.4) is 0 Å². The third-order valence-corrected chi connectivity index (χ3v) is 4.20. The predicted molar refractivity (Wildman–Crippen MR) is 93.7 cm³/mol. The Bertz CT molecular complexity index is 409. The van der Waals surface area contributed by atoms with Crippen LogP contribution in [0.2, 0.25) is 0 Å². The van der Waals surface area contributed by atoms with Crippen molar-refractivity contribution >= 4 is 0 Å². The predicted octanol–water partition coefficient (Wildman–Crippen LogP) is 2.44. The lowest BCUT2D eigenvalue weighted by molar-refractivity contribution is 0.221. The van der Waals surface area contributed by atoms with Gasteiger partial charge in [0.05, 0.1) is 6.67 Å². The molecule has 4 heteroatoms. The lowest BCUT2D eigenvalue weighted by atomic mass is 10.0. The first kappa shape index (κ1) is 17.4. The van der Waals surface area contributed by atoms with Gasteiger partial charge in [0.2, 0.25) is 0 Å². The highest BCUT2D eigenvalue weighted by molar-refractivity contribution is 5.25. The Labute approximate surface area is 135 Å². The number of hydrogen-bond donors (Lipinski definition) is 3. The Morgan fingerprint density at radius 1 is 1.18 bits per heavy atom. The van der Waals surface area contributed by atoms with E-state index in [0.29, 0.717) is 5.92 Å². The molecule has 1 heterocycles. The average Bonchev–Trinajstić information content (AvgIpc) is 2.53. The van der Waals surface area contributed by atoms with Gasteiger partial charge in [-0.2, -0.15) is 0 Å². The van der Waals surface area contributed by atoms with Gasteiger partial charge in [-0.3, -0.25) is 10.2 Å². The van der Waals surface area contributed by atoms with Gasteiger partial charge in [-0.1, -0.05) is 44.5 Å². The van der Waals surface area contributed by atoms with E-state index < -0.39 is 0 Å². The van der Waals surface area contributed by atoms with Crippen LogP contribution in [-0.2, 0) is 6.54 Å². The number of nitrogens with one attached hydrogen (secondary N) is 3. The van der Waals surface area contributed by atoms with Crippen LogP contribution < -0.4 is 16.0 Å². The SMILES string of the molecule is CC(C)c1cccc(CNCN2CCCCCNCNC2)c1. The number of nitrogens with zero attached hydrogens (tertiary/aromatic N) is 1. The van der Waals surface area contributed by atoms with Crippen molar-refractivity contribution in [1.29, 1.82) is 0 Å². The quantitative estimate of drug-likeness (QED) is 0.781. The van der Waals surface area contributed by atoms with Crippen LogP contribution in [0.25, 0.3) is 0 Å². The van der Waals surface area contributed by atoms with Crippen LogP contribution in [0.4, 0.5) is 0 Å². The van der Waals surface area contributed by atoms with Crippen molar-refractivity contribution in [2.24, 2.45) is 0 Å². The summed E-state index contributed by atoms with van der Waals surface area (Å²) in [6, 6.07) is 8.92. The monoisotopic (exact) mass is 304 g/mol. The highest BCUT2D eigenvalue weighted by Crippen LogP contribution is 2.15. The third-order valence-electron chi connectivity index (χ3n) is 4.20. The molecule has 1 aliphatic rings. The first-order valence-electron chi connectivity index (χ1n) is 8.69. The van der Waals surface area contributed by atoms with Crippen molar-refractivity contribution in [1.82, 2.24) is 20.9 Å². The molecule has 1 fully saturated rings. The summed E-state index contributed by atoms with van der Waals surface area (Å²) in [5, 5.41) is 10.5. The maximum absolute atomic E-state index is 3.59. The molecule has 0 aliphatic carbocycles. The zero-order valence-electron chi connectivity index (χ0n) is 14.2. The maximum Gasteiger partial charge on any atom is 0.0502 e. The van der Waals surface area contributed by atoms with Gasteiger partial charge >= 0.3 is 0 Å². The van der Waals surface area contributed by atoms with Crippen molar-refractivity contribution < 1.29 is 0 Å². The second-order valence-electron chi connectivity index (χ2n) is 6.52. The van der Waals surface area contributed by atoms with Gasteiger partial charge in [0.25, 0.3) is 0 Å². The first-order chi connectivity index (χ1) is 10.8. The minimum absolute atomic E-state index is 0.596. The molecule has 124 valence electrons. The minimum Gasteiger partial charge on any atom is -0.304 e. The van der Waals surface area contributed by atoms with Crippen molar-refractivity contribution in [3.63, 3.8) is 0 Å². The largest absolute Gasteiger partial charge is 0.304 e. The van der Waals surface area contributed by atoms with Crippen LogP contribution in [0.1, 0.15) is 50.2 Å². The van der Waals surface area contributed by atoms with E-state index in [0.717, 1.165) is 33.1 Å². The van der Waals surface area contributed by atoms with E-state index >= 15 is 0 Å². The fourth-order valence-electron chi connectivity index (χ4n) is 2.79. The normalized spacial score (nSPS) is 18.5. The van der Waals surface area contributed by atoms with Gasteiger partial charge in [-0.15, -0.1) is 0 Å². The van der Waals surface area contributed by atoms with Crippen LogP contribution in [0.5, 0.6) is 0 Å². The summed E-state index contributed by atoms with van der Waals surface area (Å²) >= 11 is 0. The highest BCUT2D eigenvalue weighted by Gasteiger charge is 2.06. The Kier molecular flexibility index (Phi) is 7.88. The molecule has 22 heavy (non-hydrogen) atoms. The number of rotatable bonds is 5. The summed E-state index contributed by atoms with van der Waals surface area (Å²) in [6.45, 7) is 10.5. The fraction of sp³-hybridized carbons (Fsp3) is 0.667. The van der Waals surface area contributed by atoms with E-state index in [9.17, 15) is 0 Å². The van der Waals surface area contributed by atoms with E-state index in [-0.39, 0.29) is 0 Å². The number of benzene rings is 1. The smallest absolute Gasteiger partial charge is 0.0502 e. The Morgan fingerprint density at radius 2 is 2.09 bits per heavy atom. The molecule has 1 saturated heterocycles. The minimum atomic E-state index is 0.596. The van der Waals surface area contributed by atoms with Gasteiger partial charge in [-0.25, -0.2) is 0 Å². The highest BCUT2D eigenvalue weighted by atomic mass is 15.3. The molecule has 1 aromatic rings. The molecule has 2 rings (SSSR count). The summed E-state index contributed by atoms with van der Waals surface area (Å²) in [6.07, 6.45) is 3.89. The summed E-state index contributed by atoms with van der Waals surface area (Å²) < 4.78 is 0. The lowest BCUT2D eigenvalue weighted by Crippen LogP contribution is -2.44. The standard InChI is InChI=1S/C18H32N4/c1-16(2)18-8-6-7-17(11-18)12-20-14-22-10-5-3-4-9-19-13-21-15-22/h6-8,11,16,19-21H,3-5,9-10,12-15H2,1-2H3. The average molecular weight is 304 g/mol. The molecule has 0 spiro atoms. The second-order valence-corrected chi connectivity index (χ2v) is 6.52. The summed E-state index contributed by atoms with van der Waals surface area (Å²) in [4.78, 5) is 2.46. The summed E-state index contributed by atoms with van der Waals surface area (Å²) in [7, 11) is 0. The molecule has 0 radical (unpaired) electrons. The summed E-state index contributed by atoms with van der Waals surface area (Å²) in [5.41, 5.74) is 2.80. The Morgan fingerprint density at radius 3 is 2.95 bits per heavy atom. The van der Waals surface area contributed by atoms with E-state index in [4.69, 9.17) is 0 Å². The zero-order valence-corrected chi connectivity index (χ0v) is 14.2. The number of hydrogen-bond acceptors (Lipinski definition) is 4. The Hall–Kier alpha value is -0.940. The first-order valence-corrected chi connectivity index (χ1v) is 8.69. The molecule has 4 nitrogen and oxygen atoms in total. The lowest BCUT2D eigenvalue weighted by Gasteiger charge is -2.24. The maximum atomic E-state index is 3.59. The van der Waals surface area contributed by atoms with Crippen molar-refractivity contribution in [3.8, 4) is 0 Å². The molecular formula is C18H32N4. The van der Waals surface area contributed by atoms with E-state index in [1.807, 2.05) is 0 Å². The van der Waals surface area contributed by atoms with Gasteiger partial charge in [0, 0.05) is 26.4 Å². The van der Waals surface area contributed by atoms with Crippen LogP contribution >= 0.6 is 0 Å². The molecular weight excluding hydrogens is 272 g/mol. The Balaban J connectivity index is 1.74. The summed E-state index contributed by atoms with van der Waals surface area (Å²) in [5.74, 6) is 0.596. The van der Waals surface area contributed by atoms with Gasteiger partial charge in [0.15, 0.2) is 0 Å². The molecule has 0 bridgehead atoms. The molecule has 3 N–H and O–H groups in total. The van der Waals surface area contributed by atoms with Crippen LogP contribution in [0.15, 0.2) is 24.3 Å². The van der Waals surface area contributed by atoms with Crippen molar-refractivity contribution in [2.75, 3.05) is 33.1 Å². The molecule has 0 aromatic heterocycles. The van der Waals surface area contributed by atoms with Gasteiger partial charge in [-0.05, 0) is 36.4 Å². The van der Waals surface area contributed by atoms with Crippen LogP contribution in [-0.4, -0.2) is 38.0 Å². The van der Waals surface area contributed by atoms with E-state index in [1.54, 1.807) is 0 Å². The van der Waals surface area contributed by atoms with Crippen molar-refractivity contribution in [2.45, 2.75) is 45.6 Å². The van der Waals surface area contributed by atoms with Gasteiger partial charge < -0.3 is 10.6 Å². The molecule has 0 amide bonds. The second kappa shape index (κ2) is 9.95. The molecule has 0 atom stereocenters. The van der Waals surface area contributed by atoms with Crippen LogP contribution in [0, 0.1) is 0 Å². The zero-order chi connectivity index (χ0) is 15.6. The molecule has 1 aromatic carbocycles. The topological polar surface area (TPSA) is 39.3 Å². The van der Waals surface area contributed by atoms with Gasteiger partial charge in [0.1, 0.15) is 0 Å². The molecule has 0 saturated carbocycles. The van der Waals surface area contributed by atoms with E-state index in [2.05, 4.69) is 59.0 Å². The van der Waals surface area contributed by atoms with Crippen molar-refractivity contribution in [3.05, 3.63) is 35.4 Å². The molecule has 0 unspecified atom stereocenters. The molecule has 1 aliphatic heterocycles. The third kappa shape index (κ3) is 6.44. The fourth-order valence-corrected chi connectivity index (χ4v) is 2.79. The van der Waals surface area contributed by atoms with E-state index in [1.165, 1.54) is 36.9 Å².